The molecule has 1 aliphatic rings. The summed E-state index contributed by atoms with van der Waals surface area (Å²) in [5.41, 5.74) is -0.195. The van der Waals surface area contributed by atoms with Gasteiger partial charge in [-0.25, -0.2) is 8.91 Å². The Labute approximate surface area is 142 Å². The zero-order chi connectivity index (χ0) is 16.8. The average molecular weight is 381 g/mol. The standard InChI is InChI=1S/C16H18BrFN4O/c1-15(2,3)21-8-16(18,9-21)10-23-12-4-13(17)14-11(5-19)6-20-22(14)7-12/h4,6-7H,8-10H2,1-3H3. The summed E-state index contributed by atoms with van der Waals surface area (Å²) in [6.07, 6.45) is 3.15. The van der Waals surface area contributed by atoms with Crippen LogP contribution < -0.4 is 4.74 Å². The molecule has 5 nitrogen and oxygen atoms in total. The van der Waals surface area contributed by atoms with Gasteiger partial charge in [0.2, 0.25) is 0 Å². The fourth-order valence-electron chi connectivity index (χ4n) is 2.63. The summed E-state index contributed by atoms with van der Waals surface area (Å²) in [7, 11) is 0. The molecule has 1 saturated heterocycles. The molecule has 0 unspecified atom stereocenters. The summed E-state index contributed by atoms with van der Waals surface area (Å²) < 4.78 is 22.5. The van der Waals surface area contributed by atoms with E-state index in [-0.39, 0.29) is 12.1 Å². The van der Waals surface area contributed by atoms with Crippen LogP contribution in [0.2, 0.25) is 0 Å². The van der Waals surface area contributed by atoms with Gasteiger partial charge in [-0.3, -0.25) is 4.90 Å². The molecule has 0 atom stereocenters. The van der Waals surface area contributed by atoms with Crippen molar-refractivity contribution in [3.8, 4) is 11.8 Å². The van der Waals surface area contributed by atoms with Crippen molar-refractivity contribution in [1.29, 1.82) is 5.26 Å². The first-order valence-corrected chi connectivity index (χ1v) is 8.15. The van der Waals surface area contributed by atoms with Gasteiger partial charge in [0.1, 0.15) is 18.4 Å². The topological polar surface area (TPSA) is 53.6 Å². The highest BCUT2D eigenvalue weighted by atomic mass is 79.9. The molecule has 1 fully saturated rings. The third-order valence-corrected chi connectivity index (χ3v) is 4.66. The number of likely N-dealkylation sites (tertiary alicyclic amines) is 1. The number of aromatic nitrogens is 2. The van der Waals surface area contributed by atoms with Crippen molar-refractivity contribution in [1.82, 2.24) is 14.5 Å². The van der Waals surface area contributed by atoms with Crippen molar-refractivity contribution in [2.45, 2.75) is 32.0 Å². The lowest BCUT2D eigenvalue weighted by Crippen LogP contribution is -2.66. The molecule has 0 aliphatic carbocycles. The van der Waals surface area contributed by atoms with Crippen LogP contribution in [0.1, 0.15) is 26.3 Å². The largest absolute Gasteiger partial charge is 0.488 e. The lowest BCUT2D eigenvalue weighted by Gasteiger charge is -2.50. The minimum Gasteiger partial charge on any atom is -0.488 e. The van der Waals surface area contributed by atoms with Crippen molar-refractivity contribution in [2.75, 3.05) is 19.7 Å². The van der Waals surface area contributed by atoms with Gasteiger partial charge in [-0.05, 0) is 42.8 Å². The summed E-state index contributed by atoms with van der Waals surface area (Å²) in [4.78, 5) is 2.09. The Balaban J connectivity index is 1.70. The van der Waals surface area contributed by atoms with Crippen LogP contribution in [0.15, 0.2) is 22.9 Å². The molecule has 3 rings (SSSR count). The number of pyridine rings is 1. The summed E-state index contributed by atoms with van der Waals surface area (Å²) in [5, 5.41) is 13.2. The van der Waals surface area contributed by atoms with Crippen LogP contribution in [0.4, 0.5) is 4.39 Å². The van der Waals surface area contributed by atoms with Gasteiger partial charge in [-0.1, -0.05) is 0 Å². The third-order valence-electron chi connectivity index (χ3n) is 4.06. The molecule has 0 radical (unpaired) electrons. The fourth-order valence-corrected chi connectivity index (χ4v) is 3.25. The smallest absolute Gasteiger partial charge is 0.169 e. The Morgan fingerprint density at radius 2 is 2.17 bits per heavy atom. The summed E-state index contributed by atoms with van der Waals surface area (Å²) >= 11 is 3.41. The van der Waals surface area contributed by atoms with E-state index in [1.165, 1.54) is 6.20 Å². The van der Waals surface area contributed by atoms with Crippen molar-refractivity contribution >= 4 is 21.4 Å². The minimum absolute atomic E-state index is 0.00387. The van der Waals surface area contributed by atoms with Crippen LogP contribution in [-0.4, -0.2) is 45.4 Å². The molecule has 0 spiro atoms. The van der Waals surface area contributed by atoms with Crippen molar-refractivity contribution < 1.29 is 9.13 Å². The van der Waals surface area contributed by atoms with E-state index in [0.29, 0.717) is 34.4 Å². The number of hydrogen-bond donors (Lipinski definition) is 0. The predicted molar refractivity (Wildman–Crippen MR) is 88.3 cm³/mol. The Morgan fingerprint density at radius 1 is 1.48 bits per heavy atom. The van der Waals surface area contributed by atoms with Gasteiger partial charge in [0, 0.05) is 23.1 Å². The van der Waals surface area contributed by atoms with E-state index in [1.54, 1.807) is 16.8 Å². The van der Waals surface area contributed by atoms with Crippen LogP contribution in [-0.2, 0) is 0 Å². The molecule has 3 heterocycles. The number of ether oxygens (including phenoxy) is 1. The highest BCUT2D eigenvalue weighted by Gasteiger charge is 2.48. The quantitative estimate of drug-likeness (QED) is 0.820. The number of fused-ring (bicyclic) bond motifs is 1. The second-order valence-electron chi connectivity index (χ2n) is 6.95. The maximum absolute atomic E-state index is 14.6. The molecule has 122 valence electrons. The Bertz CT molecular complexity index is 784. The average Bonchev–Trinajstić information content (AvgIpc) is 2.84. The molecule has 2 aromatic heterocycles. The van der Waals surface area contributed by atoms with E-state index in [4.69, 9.17) is 10.00 Å². The maximum Gasteiger partial charge on any atom is 0.169 e. The van der Waals surface area contributed by atoms with E-state index in [2.05, 4.69) is 52.8 Å². The maximum atomic E-state index is 14.6. The highest BCUT2D eigenvalue weighted by molar-refractivity contribution is 9.10. The first kappa shape index (κ1) is 16.2. The minimum atomic E-state index is -1.32. The molecule has 2 aromatic rings. The molecule has 0 bridgehead atoms. The van der Waals surface area contributed by atoms with Crippen LogP contribution in [0, 0.1) is 11.3 Å². The zero-order valence-corrected chi connectivity index (χ0v) is 14.9. The van der Waals surface area contributed by atoms with Crippen LogP contribution in [0.25, 0.3) is 5.52 Å². The molecule has 23 heavy (non-hydrogen) atoms. The first-order valence-electron chi connectivity index (χ1n) is 7.36. The van der Waals surface area contributed by atoms with E-state index >= 15 is 0 Å². The second kappa shape index (κ2) is 5.46. The van der Waals surface area contributed by atoms with Gasteiger partial charge >= 0.3 is 0 Å². The van der Waals surface area contributed by atoms with Gasteiger partial charge in [-0.2, -0.15) is 10.4 Å². The van der Waals surface area contributed by atoms with Crippen LogP contribution >= 0.6 is 15.9 Å². The Morgan fingerprint density at radius 3 is 2.78 bits per heavy atom. The molecule has 0 N–H and O–H groups in total. The molecule has 0 saturated carbocycles. The van der Waals surface area contributed by atoms with E-state index in [0.717, 1.165) is 0 Å². The molecular weight excluding hydrogens is 363 g/mol. The lowest BCUT2D eigenvalue weighted by molar-refractivity contribution is -0.0993. The van der Waals surface area contributed by atoms with Gasteiger partial charge < -0.3 is 4.74 Å². The molecule has 1 aliphatic heterocycles. The lowest BCUT2D eigenvalue weighted by atomic mass is 9.90. The molecule has 0 amide bonds. The van der Waals surface area contributed by atoms with E-state index < -0.39 is 5.67 Å². The molecule has 0 aromatic carbocycles. The molecule has 7 heteroatoms. The Hall–Kier alpha value is -1.65. The number of nitriles is 1. The highest BCUT2D eigenvalue weighted by Crippen LogP contribution is 2.33. The zero-order valence-electron chi connectivity index (χ0n) is 13.3. The van der Waals surface area contributed by atoms with Crippen molar-refractivity contribution in [3.63, 3.8) is 0 Å². The second-order valence-corrected chi connectivity index (χ2v) is 7.81. The number of halogens is 2. The molecular formula is C16H18BrFN4O. The number of nitrogens with zero attached hydrogens (tertiary/aromatic N) is 4. The monoisotopic (exact) mass is 380 g/mol. The van der Waals surface area contributed by atoms with Gasteiger partial charge in [0.15, 0.2) is 5.67 Å². The van der Waals surface area contributed by atoms with Crippen molar-refractivity contribution in [3.05, 3.63) is 28.5 Å². The van der Waals surface area contributed by atoms with E-state index in [1.807, 2.05) is 0 Å². The number of rotatable bonds is 3. The first-order chi connectivity index (χ1) is 10.7. The normalized spacial score (nSPS) is 17.7. The summed E-state index contributed by atoms with van der Waals surface area (Å²) in [5.74, 6) is 0.517. The SMILES string of the molecule is CC(C)(C)N1CC(F)(COc2cc(Br)c3c(C#N)cnn3c2)C1. The summed E-state index contributed by atoms with van der Waals surface area (Å²) in [6, 6.07) is 3.82. The van der Waals surface area contributed by atoms with Crippen LogP contribution in [0.5, 0.6) is 5.75 Å². The number of hydrogen-bond acceptors (Lipinski definition) is 4. The third kappa shape index (κ3) is 3.06. The number of alkyl halides is 1. The van der Waals surface area contributed by atoms with E-state index in [9.17, 15) is 4.39 Å². The van der Waals surface area contributed by atoms with Gasteiger partial charge in [0.05, 0.1) is 23.5 Å². The van der Waals surface area contributed by atoms with Gasteiger partial charge in [0.25, 0.3) is 0 Å². The predicted octanol–water partition coefficient (Wildman–Crippen LogP) is 3.17. The Kier molecular flexibility index (Phi) is 3.85. The van der Waals surface area contributed by atoms with Gasteiger partial charge in [-0.15, -0.1) is 0 Å². The van der Waals surface area contributed by atoms with Crippen LogP contribution in [0.3, 0.4) is 0 Å². The fraction of sp³-hybridized carbons (Fsp3) is 0.500. The summed E-state index contributed by atoms with van der Waals surface area (Å²) in [6.45, 7) is 6.97. The van der Waals surface area contributed by atoms with Crippen molar-refractivity contribution in [2.24, 2.45) is 0 Å².